The Bertz CT molecular complexity index is 1230. The van der Waals surface area contributed by atoms with Gasteiger partial charge in [-0.3, -0.25) is 9.78 Å². The summed E-state index contributed by atoms with van der Waals surface area (Å²) in [5.41, 5.74) is -0.552. The van der Waals surface area contributed by atoms with Crippen molar-refractivity contribution in [2.75, 3.05) is 0 Å². The molecule has 0 amide bonds. The lowest BCUT2D eigenvalue weighted by atomic mass is 10.0. The summed E-state index contributed by atoms with van der Waals surface area (Å²) in [5.74, 6) is -2.20. The fraction of sp³-hybridized carbons (Fsp3) is 0.0526. The number of aromatic nitrogens is 5. The van der Waals surface area contributed by atoms with Crippen LogP contribution in [0.3, 0.4) is 0 Å². The van der Waals surface area contributed by atoms with Crippen LogP contribution in [0.25, 0.3) is 10.9 Å². The van der Waals surface area contributed by atoms with Crippen LogP contribution < -0.4 is 4.74 Å². The van der Waals surface area contributed by atoms with E-state index in [1.54, 1.807) is 0 Å². The third-order valence-corrected chi connectivity index (χ3v) is 4.07. The molecule has 0 bridgehead atoms. The summed E-state index contributed by atoms with van der Waals surface area (Å²) in [6, 6.07) is 6.98. The van der Waals surface area contributed by atoms with Crippen LogP contribution in [-0.4, -0.2) is 30.7 Å². The molecule has 0 aliphatic heterocycles. The standard InChI is InChI=1S/C19H9ClF3N5O2/c20-11-8-25-18(26-9-11)30-13-5-1-4-12-14(13)15(28-17(27-12)19(21,22)23)16(29)10-3-2-6-24-7-10/h1-9H. The Kier molecular flexibility index (Phi) is 5.00. The number of benzene rings is 1. The summed E-state index contributed by atoms with van der Waals surface area (Å²) in [6.07, 6.45) is 0.385. The van der Waals surface area contributed by atoms with Crippen LogP contribution in [-0.2, 0) is 6.18 Å². The first-order chi connectivity index (χ1) is 14.3. The second-order valence-electron chi connectivity index (χ2n) is 5.90. The molecule has 0 aliphatic carbocycles. The van der Waals surface area contributed by atoms with Crippen LogP contribution in [0.5, 0.6) is 11.8 Å². The maximum absolute atomic E-state index is 13.3. The van der Waals surface area contributed by atoms with Gasteiger partial charge in [-0.2, -0.15) is 13.2 Å². The molecule has 30 heavy (non-hydrogen) atoms. The minimum absolute atomic E-state index is 0.00999. The third-order valence-electron chi connectivity index (χ3n) is 3.88. The first-order valence-electron chi connectivity index (χ1n) is 8.31. The van der Waals surface area contributed by atoms with Crippen molar-refractivity contribution < 1.29 is 22.7 Å². The van der Waals surface area contributed by atoms with Crippen LogP contribution in [0.15, 0.2) is 55.1 Å². The number of hydrogen-bond donors (Lipinski definition) is 0. The Hall–Kier alpha value is -3.66. The molecular formula is C19H9ClF3N5O2. The van der Waals surface area contributed by atoms with E-state index >= 15 is 0 Å². The number of rotatable bonds is 4. The highest BCUT2D eigenvalue weighted by Crippen LogP contribution is 2.34. The molecule has 0 aliphatic rings. The molecule has 0 N–H and O–H groups in total. The fourth-order valence-electron chi connectivity index (χ4n) is 2.61. The molecule has 0 saturated heterocycles. The Balaban J connectivity index is 1.93. The highest BCUT2D eigenvalue weighted by atomic mass is 35.5. The molecule has 3 heterocycles. The van der Waals surface area contributed by atoms with Crippen molar-refractivity contribution in [3.05, 3.63) is 77.2 Å². The van der Waals surface area contributed by atoms with Crippen molar-refractivity contribution >= 4 is 28.3 Å². The minimum atomic E-state index is -4.85. The maximum atomic E-state index is 13.3. The highest BCUT2D eigenvalue weighted by molar-refractivity contribution is 6.30. The van der Waals surface area contributed by atoms with E-state index in [0.717, 1.165) is 0 Å². The summed E-state index contributed by atoms with van der Waals surface area (Å²) in [7, 11) is 0. The summed E-state index contributed by atoms with van der Waals surface area (Å²) in [5, 5.41) is 0.253. The number of fused-ring (bicyclic) bond motifs is 1. The van der Waals surface area contributed by atoms with Crippen molar-refractivity contribution in [3.8, 4) is 11.8 Å². The normalized spacial score (nSPS) is 11.5. The molecule has 1 aromatic carbocycles. The molecule has 0 atom stereocenters. The van der Waals surface area contributed by atoms with Crippen molar-refractivity contribution in [1.82, 2.24) is 24.9 Å². The first kappa shape index (κ1) is 19.6. The number of nitrogens with zero attached hydrogens (tertiary/aromatic N) is 5. The van der Waals surface area contributed by atoms with Gasteiger partial charge in [-0.05, 0) is 24.3 Å². The van der Waals surface area contributed by atoms with Crippen molar-refractivity contribution in [3.63, 3.8) is 0 Å². The molecule has 4 aromatic rings. The van der Waals surface area contributed by atoms with E-state index in [0.29, 0.717) is 0 Å². The van der Waals surface area contributed by atoms with Gasteiger partial charge in [-0.1, -0.05) is 17.7 Å². The Morgan fingerprint density at radius 3 is 2.43 bits per heavy atom. The zero-order valence-corrected chi connectivity index (χ0v) is 15.5. The van der Waals surface area contributed by atoms with Gasteiger partial charge in [0.2, 0.25) is 11.6 Å². The highest BCUT2D eigenvalue weighted by Gasteiger charge is 2.36. The summed E-state index contributed by atoms with van der Waals surface area (Å²) in [6.45, 7) is 0. The third kappa shape index (κ3) is 3.90. The number of halogens is 4. The molecule has 3 aromatic heterocycles. The van der Waals surface area contributed by atoms with Gasteiger partial charge in [0.1, 0.15) is 11.4 Å². The predicted octanol–water partition coefficient (Wildman–Crippen LogP) is 4.51. The van der Waals surface area contributed by atoms with E-state index in [4.69, 9.17) is 16.3 Å². The molecule has 11 heteroatoms. The number of ketones is 1. The Labute approximate surface area is 171 Å². The summed E-state index contributed by atoms with van der Waals surface area (Å²) in [4.78, 5) is 31.7. The molecule has 0 spiro atoms. The monoisotopic (exact) mass is 431 g/mol. The fourth-order valence-corrected chi connectivity index (χ4v) is 2.71. The zero-order valence-electron chi connectivity index (χ0n) is 14.8. The lowest BCUT2D eigenvalue weighted by Crippen LogP contribution is -2.16. The van der Waals surface area contributed by atoms with Crippen LogP contribution >= 0.6 is 11.6 Å². The topological polar surface area (TPSA) is 90.8 Å². The average Bonchev–Trinajstić information content (AvgIpc) is 2.74. The second kappa shape index (κ2) is 7.64. The van der Waals surface area contributed by atoms with E-state index in [-0.39, 0.29) is 33.2 Å². The smallest absolute Gasteiger partial charge is 0.423 e. The van der Waals surface area contributed by atoms with E-state index in [1.807, 2.05) is 0 Å². The summed E-state index contributed by atoms with van der Waals surface area (Å²) < 4.78 is 45.6. The van der Waals surface area contributed by atoms with Crippen LogP contribution in [0.4, 0.5) is 13.2 Å². The van der Waals surface area contributed by atoms with Gasteiger partial charge in [0.15, 0.2) is 0 Å². The number of carbonyl (C=O) groups is 1. The van der Waals surface area contributed by atoms with Gasteiger partial charge in [0, 0.05) is 18.0 Å². The van der Waals surface area contributed by atoms with Crippen molar-refractivity contribution in [2.45, 2.75) is 6.18 Å². The number of pyridine rings is 1. The van der Waals surface area contributed by atoms with E-state index < -0.39 is 23.5 Å². The van der Waals surface area contributed by atoms with Crippen LogP contribution in [0.2, 0.25) is 5.02 Å². The zero-order chi connectivity index (χ0) is 21.3. The van der Waals surface area contributed by atoms with Crippen LogP contribution in [0, 0.1) is 0 Å². The number of hydrogen-bond acceptors (Lipinski definition) is 7. The van der Waals surface area contributed by atoms with E-state index in [1.165, 1.54) is 55.1 Å². The lowest BCUT2D eigenvalue weighted by molar-refractivity contribution is -0.144. The lowest BCUT2D eigenvalue weighted by Gasteiger charge is -2.13. The predicted molar refractivity (Wildman–Crippen MR) is 99.3 cm³/mol. The van der Waals surface area contributed by atoms with Crippen molar-refractivity contribution in [1.29, 1.82) is 0 Å². The van der Waals surface area contributed by atoms with Gasteiger partial charge in [-0.15, -0.1) is 0 Å². The average molecular weight is 432 g/mol. The molecule has 0 saturated carbocycles. The number of carbonyl (C=O) groups excluding carboxylic acids is 1. The van der Waals surface area contributed by atoms with Gasteiger partial charge in [0.25, 0.3) is 0 Å². The molecular weight excluding hydrogens is 423 g/mol. The Morgan fingerprint density at radius 2 is 1.77 bits per heavy atom. The van der Waals surface area contributed by atoms with Gasteiger partial charge >= 0.3 is 12.2 Å². The largest absolute Gasteiger partial charge is 0.451 e. The molecule has 150 valence electrons. The molecule has 4 rings (SSSR count). The maximum Gasteiger partial charge on any atom is 0.451 e. The molecule has 0 unspecified atom stereocenters. The van der Waals surface area contributed by atoms with Crippen LogP contribution in [0.1, 0.15) is 21.9 Å². The number of alkyl halides is 3. The van der Waals surface area contributed by atoms with Gasteiger partial charge in [-0.25, -0.2) is 19.9 Å². The minimum Gasteiger partial charge on any atom is -0.423 e. The molecule has 0 radical (unpaired) electrons. The van der Waals surface area contributed by atoms with E-state index in [9.17, 15) is 18.0 Å². The second-order valence-corrected chi connectivity index (χ2v) is 6.34. The molecule has 7 nitrogen and oxygen atoms in total. The van der Waals surface area contributed by atoms with Crippen molar-refractivity contribution in [2.24, 2.45) is 0 Å². The first-order valence-corrected chi connectivity index (χ1v) is 8.69. The molecule has 0 fully saturated rings. The van der Waals surface area contributed by atoms with Gasteiger partial charge in [0.05, 0.1) is 28.3 Å². The number of ether oxygens (including phenoxy) is 1. The van der Waals surface area contributed by atoms with E-state index in [2.05, 4.69) is 24.9 Å². The van der Waals surface area contributed by atoms with Gasteiger partial charge < -0.3 is 4.74 Å². The Morgan fingerprint density at radius 1 is 1.00 bits per heavy atom. The SMILES string of the molecule is O=C(c1cccnc1)c1nc(C(F)(F)F)nc2cccc(Oc3ncc(Cl)cn3)c12. The summed E-state index contributed by atoms with van der Waals surface area (Å²) >= 11 is 5.75. The quantitative estimate of drug-likeness (QED) is 0.439.